The molecule has 0 N–H and O–H groups in total. The van der Waals surface area contributed by atoms with Gasteiger partial charge >= 0.3 is 0 Å². The fraction of sp³-hybridized carbons (Fsp3) is 0.636. The van der Waals surface area contributed by atoms with Crippen LogP contribution in [0.2, 0.25) is 18.1 Å². The summed E-state index contributed by atoms with van der Waals surface area (Å²) in [5.41, 5.74) is 0. The molecule has 0 aliphatic carbocycles. The average molecular weight is 249 g/mol. The quantitative estimate of drug-likeness (QED) is 0.269. The summed E-state index contributed by atoms with van der Waals surface area (Å²) in [4.78, 5) is 0. The summed E-state index contributed by atoms with van der Waals surface area (Å²) in [5, 5.41) is 0. The van der Waals surface area contributed by atoms with Crippen LogP contribution in [0.15, 0.2) is 25.3 Å². The van der Waals surface area contributed by atoms with Crippen LogP contribution in [0.4, 0.5) is 0 Å². The molecule has 0 aromatic rings. The van der Waals surface area contributed by atoms with Gasteiger partial charge in [-0.2, -0.15) is 0 Å². The maximum atomic E-state index is 6.00. The first-order chi connectivity index (χ1) is 7.14. The van der Waals surface area contributed by atoms with Gasteiger partial charge in [0.2, 0.25) is 8.32 Å². The molecule has 0 aliphatic heterocycles. The monoisotopic (exact) mass is 248 g/mol. The molecule has 0 saturated carbocycles. The van der Waals surface area contributed by atoms with Gasteiger partial charge < -0.3 is 9.16 Å². The van der Waals surface area contributed by atoms with Gasteiger partial charge in [-0.05, 0) is 25.1 Å². The van der Waals surface area contributed by atoms with Gasteiger partial charge in [-0.25, -0.2) is 0 Å². The maximum absolute atomic E-state index is 6.00. The van der Waals surface area contributed by atoms with E-state index in [-0.39, 0.29) is 6.29 Å². The van der Waals surface area contributed by atoms with E-state index in [4.69, 9.17) is 20.8 Å². The van der Waals surface area contributed by atoms with Crippen molar-refractivity contribution in [1.82, 2.24) is 0 Å². The molecule has 88 valence electrons. The summed E-state index contributed by atoms with van der Waals surface area (Å²) >= 11 is 5.83. The number of allylic oxidation sites excluding steroid dienone is 2. The van der Waals surface area contributed by atoms with E-state index in [2.05, 4.69) is 13.2 Å². The molecule has 0 fully saturated rings. The van der Waals surface area contributed by atoms with Crippen LogP contribution in [0.3, 0.4) is 0 Å². The van der Waals surface area contributed by atoms with Gasteiger partial charge in [0.15, 0.2) is 0 Å². The third-order valence-electron chi connectivity index (χ3n) is 2.33. The van der Waals surface area contributed by atoms with Gasteiger partial charge in [0.05, 0.1) is 0 Å². The van der Waals surface area contributed by atoms with Crippen LogP contribution in [0.5, 0.6) is 0 Å². The highest BCUT2D eigenvalue weighted by Gasteiger charge is 2.33. The van der Waals surface area contributed by atoms with E-state index >= 15 is 0 Å². The van der Waals surface area contributed by atoms with Crippen LogP contribution in [0.1, 0.15) is 6.92 Å². The van der Waals surface area contributed by atoms with Crippen LogP contribution >= 0.6 is 11.6 Å². The molecule has 0 aromatic heterocycles. The second kappa shape index (κ2) is 8.10. The smallest absolute Gasteiger partial charge is 0.204 e. The molecule has 1 atom stereocenters. The summed E-state index contributed by atoms with van der Waals surface area (Å²) < 4.78 is 11.1. The molecule has 0 rings (SSSR count). The number of ether oxygens (including phenoxy) is 1. The normalized spacial score (nSPS) is 13.5. The Morgan fingerprint density at radius 1 is 1.33 bits per heavy atom. The standard InChI is InChI=1S/C11H21ClO2Si/c1-5-8-15(9-6-2,10-7-12)14-11(3)13-4/h5-6,11H,1-2,7-10H2,3-4H3. The molecule has 1 unspecified atom stereocenters. The van der Waals surface area contributed by atoms with E-state index < -0.39 is 8.32 Å². The zero-order chi connectivity index (χ0) is 11.7. The Labute approximate surface area is 99.0 Å². The highest BCUT2D eigenvalue weighted by Crippen LogP contribution is 2.26. The number of hydrogen-bond acceptors (Lipinski definition) is 2. The van der Waals surface area contributed by atoms with Crippen molar-refractivity contribution in [3.05, 3.63) is 25.3 Å². The molecule has 0 bridgehead atoms. The van der Waals surface area contributed by atoms with E-state index in [9.17, 15) is 0 Å². The van der Waals surface area contributed by atoms with E-state index in [0.29, 0.717) is 5.88 Å². The van der Waals surface area contributed by atoms with Gasteiger partial charge in [-0.15, -0.1) is 24.8 Å². The fourth-order valence-corrected chi connectivity index (χ4v) is 5.66. The number of rotatable bonds is 9. The van der Waals surface area contributed by atoms with Crippen molar-refractivity contribution in [1.29, 1.82) is 0 Å². The maximum Gasteiger partial charge on any atom is 0.204 e. The molecule has 0 amide bonds. The Morgan fingerprint density at radius 2 is 1.87 bits per heavy atom. The number of halogens is 1. The lowest BCUT2D eigenvalue weighted by atomic mass is 10.7. The molecule has 0 spiro atoms. The lowest BCUT2D eigenvalue weighted by molar-refractivity contribution is -0.0460. The predicted octanol–water partition coefficient (Wildman–Crippen LogP) is 3.55. The topological polar surface area (TPSA) is 18.5 Å². The van der Waals surface area contributed by atoms with E-state index in [1.54, 1.807) is 7.11 Å². The molecule has 0 radical (unpaired) electrons. The van der Waals surface area contributed by atoms with Crippen LogP contribution in [-0.2, 0) is 9.16 Å². The van der Waals surface area contributed by atoms with Gasteiger partial charge in [-0.3, -0.25) is 0 Å². The van der Waals surface area contributed by atoms with Crippen molar-refractivity contribution in [3.8, 4) is 0 Å². The lowest BCUT2D eigenvalue weighted by Crippen LogP contribution is -2.41. The van der Waals surface area contributed by atoms with Gasteiger partial charge in [0, 0.05) is 13.0 Å². The Morgan fingerprint density at radius 3 is 2.20 bits per heavy atom. The summed E-state index contributed by atoms with van der Waals surface area (Å²) in [5.74, 6) is 0.615. The predicted molar refractivity (Wildman–Crippen MR) is 68.8 cm³/mol. The second-order valence-electron chi connectivity index (χ2n) is 3.53. The molecule has 15 heavy (non-hydrogen) atoms. The highest BCUT2D eigenvalue weighted by atomic mass is 35.5. The minimum absolute atomic E-state index is 0.181. The van der Waals surface area contributed by atoms with Gasteiger partial charge in [-0.1, -0.05) is 12.2 Å². The van der Waals surface area contributed by atoms with Crippen molar-refractivity contribution in [2.75, 3.05) is 13.0 Å². The fourth-order valence-electron chi connectivity index (χ4n) is 1.54. The third-order valence-corrected chi connectivity index (χ3v) is 6.90. The zero-order valence-corrected chi connectivity index (χ0v) is 11.4. The Hall–Kier alpha value is -0.0931. The molecule has 4 heteroatoms. The van der Waals surface area contributed by atoms with Crippen molar-refractivity contribution >= 4 is 19.9 Å². The van der Waals surface area contributed by atoms with Crippen LogP contribution in [0, 0.1) is 0 Å². The molecule has 0 saturated heterocycles. The Bertz CT molecular complexity index is 187. The average Bonchev–Trinajstić information content (AvgIpc) is 2.18. The van der Waals surface area contributed by atoms with Crippen molar-refractivity contribution < 1.29 is 9.16 Å². The first kappa shape index (κ1) is 14.9. The minimum Gasteiger partial charge on any atom is -0.392 e. The van der Waals surface area contributed by atoms with E-state index in [1.807, 2.05) is 19.1 Å². The summed E-state index contributed by atoms with van der Waals surface area (Å²) in [6.07, 6.45) is 3.63. The number of methoxy groups -OCH3 is 1. The largest absolute Gasteiger partial charge is 0.392 e. The molecular formula is C11H21ClO2Si. The van der Waals surface area contributed by atoms with Crippen LogP contribution < -0.4 is 0 Å². The summed E-state index contributed by atoms with van der Waals surface area (Å²) in [6.45, 7) is 9.46. The van der Waals surface area contributed by atoms with Crippen molar-refractivity contribution in [2.24, 2.45) is 0 Å². The SMILES string of the molecule is C=CC[Si](CC=C)(CCCl)OC(C)OC. The number of alkyl halides is 1. The molecule has 0 heterocycles. The van der Waals surface area contributed by atoms with Gasteiger partial charge in [0.25, 0.3) is 0 Å². The van der Waals surface area contributed by atoms with Crippen molar-refractivity contribution in [3.63, 3.8) is 0 Å². The van der Waals surface area contributed by atoms with E-state index in [0.717, 1.165) is 18.1 Å². The summed E-state index contributed by atoms with van der Waals surface area (Å²) in [7, 11) is -0.227. The summed E-state index contributed by atoms with van der Waals surface area (Å²) in [6, 6.07) is 2.68. The molecule has 2 nitrogen and oxygen atoms in total. The molecule has 0 aromatic carbocycles. The van der Waals surface area contributed by atoms with Crippen LogP contribution in [-0.4, -0.2) is 27.6 Å². The zero-order valence-electron chi connectivity index (χ0n) is 9.67. The molecule has 0 aliphatic rings. The Kier molecular flexibility index (Phi) is 8.05. The number of hydrogen-bond donors (Lipinski definition) is 0. The third kappa shape index (κ3) is 5.52. The minimum atomic E-state index is -1.87. The van der Waals surface area contributed by atoms with E-state index in [1.165, 1.54) is 0 Å². The first-order valence-electron chi connectivity index (χ1n) is 5.12. The second-order valence-corrected chi connectivity index (χ2v) is 7.82. The first-order valence-corrected chi connectivity index (χ1v) is 8.19. The highest BCUT2D eigenvalue weighted by molar-refractivity contribution is 6.75. The Balaban J connectivity index is 4.58. The molecular weight excluding hydrogens is 228 g/mol. The van der Waals surface area contributed by atoms with Crippen LogP contribution in [0.25, 0.3) is 0 Å². The van der Waals surface area contributed by atoms with Gasteiger partial charge in [0.1, 0.15) is 6.29 Å². The lowest BCUT2D eigenvalue weighted by Gasteiger charge is -2.31. The van der Waals surface area contributed by atoms with Crippen molar-refractivity contribution in [2.45, 2.75) is 31.3 Å².